The van der Waals surface area contributed by atoms with Crippen molar-refractivity contribution in [2.24, 2.45) is 7.05 Å². The van der Waals surface area contributed by atoms with Crippen molar-refractivity contribution >= 4 is 10.9 Å². The first-order valence-corrected chi connectivity index (χ1v) is 6.91. The zero-order valence-corrected chi connectivity index (χ0v) is 12.5. The Labute approximate surface area is 125 Å². The summed E-state index contributed by atoms with van der Waals surface area (Å²) in [6, 6.07) is 16.2. The molecule has 3 rings (SSSR count). The van der Waals surface area contributed by atoms with Gasteiger partial charge in [0.05, 0.1) is 18.3 Å². The van der Waals surface area contributed by atoms with E-state index in [0.29, 0.717) is 0 Å². The predicted octanol–water partition coefficient (Wildman–Crippen LogP) is 3.90. The zero-order valence-electron chi connectivity index (χ0n) is 12.5. The van der Waals surface area contributed by atoms with Gasteiger partial charge in [-0.25, -0.2) is 0 Å². The second-order valence-corrected chi connectivity index (χ2v) is 5.01. The summed E-state index contributed by atoms with van der Waals surface area (Å²) in [6.07, 6.45) is 0. The molecule has 0 aliphatic carbocycles. The van der Waals surface area contributed by atoms with Crippen LogP contribution in [-0.2, 0) is 7.05 Å². The number of aryl methyl sites for hydroxylation is 2. The lowest BCUT2D eigenvalue weighted by Gasteiger charge is -2.04. The van der Waals surface area contributed by atoms with Gasteiger partial charge in [0.2, 0.25) is 0 Å². The van der Waals surface area contributed by atoms with Gasteiger partial charge >= 0.3 is 0 Å². The van der Waals surface area contributed by atoms with E-state index in [1.807, 2.05) is 49.5 Å². The van der Waals surface area contributed by atoms with E-state index in [9.17, 15) is 0 Å². The minimum atomic E-state index is 0.880. The van der Waals surface area contributed by atoms with Crippen molar-refractivity contribution in [3.05, 3.63) is 65.4 Å². The number of ether oxygens (including phenoxy) is 1. The van der Waals surface area contributed by atoms with E-state index in [1.54, 1.807) is 7.11 Å². The molecule has 104 valence electrons. The fourth-order valence-corrected chi connectivity index (χ4v) is 2.66. The van der Waals surface area contributed by atoms with Crippen LogP contribution in [0.2, 0.25) is 0 Å². The first-order valence-electron chi connectivity index (χ1n) is 6.91. The van der Waals surface area contributed by atoms with E-state index in [1.165, 1.54) is 10.9 Å². The molecule has 0 N–H and O–H groups in total. The minimum absolute atomic E-state index is 0.880. The fourth-order valence-electron chi connectivity index (χ4n) is 2.66. The van der Waals surface area contributed by atoms with Crippen LogP contribution in [0.1, 0.15) is 16.8 Å². The van der Waals surface area contributed by atoms with Crippen LogP contribution in [0.5, 0.6) is 5.75 Å². The van der Waals surface area contributed by atoms with Crippen LogP contribution < -0.4 is 4.74 Å². The van der Waals surface area contributed by atoms with Crippen molar-refractivity contribution in [3.63, 3.8) is 0 Å². The first-order chi connectivity index (χ1) is 10.2. The number of benzene rings is 2. The molecule has 2 heteroatoms. The van der Waals surface area contributed by atoms with Gasteiger partial charge in [-0.2, -0.15) is 0 Å². The number of methoxy groups -OCH3 is 1. The van der Waals surface area contributed by atoms with Crippen molar-refractivity contribution in [2.75, 3.05) is 7.11 Å². The Morgan fingerprint density at radius 1 is 0.952 bits per heavy atom. The molecule has 0 aliphatic heterocycles. The highest BCUT2D eigenvalue weighted by molar-refractivity contribution is 5.91. The number of hydrogen-bond acceptors (Lipinski definition) is 1. The van der Waals surface area contributed by atoms with Crippen LogP contribution in [-0.4, -0.2) is 11.7 Å². The van der Waals surface area contributed by atoms with Gasteiger partial charge in [-0.1, -0.05) is 36.3 Å². The maximum absolute atomic E-state index is 5.47. The second-order valence-electron chi connectivity index (χ2n) is 5.01. The van der Waals surface area contributed by atoms with Gasteiger partial charge in [-0.05, 0) is 36.6 Å². The number of para-hydroxylation sites is 1. The molecule has 2 nitrogen and oxygen atoms in total. The number of nitrogens with zero attached hydrogens (tertiary/aromatic N) is 1. The monoisotopic (exact) mass is 275 g/mol. The molecule has 0 spiro atoms. The molecule has 0 unspecified atom stereocenters. The topological polar surface area (TPSA) is 14.2 Å². The number of aromatic nitrogens is 1. The van der Waals surface area contributed by atoms with Crippen LogP contribution in [0.25, 0.3) is 10.9 Å². The van der Waals surface area contributed by atoms with Crippen molar-refractivity contribution in [2.45, 2.75) is 6.92 Å². The van der Waals surface area contributed by atoms with Gasteiger partial charge in [0.1, 0.15) is 5.75 Å². The lowest BCUT2D eigenvalue weighted by Crippen LogP contribution is -1.94. The SMILES string of the molecule is COc1cccc2c(C)c(C#Cc3ccccc3)n(C)c12. The summed E-state index contributed by atoms with van der Waals surface area (Å²) in [5.74, 6) is 7.41. The Morgan fingerprint density at radius 3 is 2.43 bits per heavy atom. The molecule has 21 heavy (non-hydrogen) atoms. The summed E-state index contributed by atoms with van der Waals surface area (Å²) in [4.78, 5) is 0. The Balaban J connectivity index is 2.19. The van der Waals surface area contributed by atoms with Crippen LogP contribution in [0.3, 0.4) is 0 Å². The lowest BCUT2D eigenvalue weighted by atomic mass is 10.1. The van der Waals surface area contributed by atoms with E-state index in [0.717, 1.165) is 22.5 Å². The molecule has 0 aliphatic rings. The molecule has 0 bridgehead atoms. The van der Waals surface area contributed by atoms with Gasteiger partial charge in [0.15, 0.2) is 0 Å². The van der Waals surface area contributed by atoms with E-state index in [4.69, 9.17) is 4.74 Å². The standard InChI is InChI=1S/C19H17NO/c1-14-16-10-7-11-18(21-3)19(16)20(2)17(14)13-12-15-8-5-4-6-9-15/h4-11H,1-3H3. The van der Waals surface area contributed by atoms with E-state index in [2.05, 4.69) is 29.4 Å². The summed E-state index contributed by atoms with van der Waals surface area (Å²) >= 11 is 0. The highest BCUT2D eigenvalue weighted by atomic mass is 16.5. The third-order valence-electron chi connectivity index (χ3n) is 3.75. The molecule has 1 aromatic heterocycles. The summed E-state index contributed by atoms with van der Waals surface area (Å²) in [5, 5.41) is 1.19. The largest absolute Gasteiger partial charge is 0.495 e. The van der Waals surface area contributed by atoms with E-state index in [-0.39, 0.29) is 0 Å². The molecule has 1 heterocycles. The van der Waals surface area contributed by atoms with Crippen LogP contribution >= 0.6 is 0 Å². The highest BCUT2D eigenvalue weighted by Gasteiger charge is 2.13. The summed E-state index contributed by atoms with van der Waals surface area (Å²) in [5.41, 5.74) is 4.33. The van der Waals surface area contributed by atoms with Gasteiger partial charge in [-0.3, -0.25) is 0 Å². The summed E-state index contributed by atoms with van der Waals surface area (Å²) in [7, 11) is 3.74. The molecule has 0 saturated carbocycles. The smallest absolute Gasteiger partial charge is 0.143 e. The second kappa shape index (κ2) is 5.38. The molecule has 2 aromatic carbocycles. The quantitative estimate of drug-likeness (QED) is 0.614. The van der Waals surface area contributed by atoms with Crippen molar-refractivity contribution in [1.82, 2.24) is 4.57 Å². The lowest BCUT2D eigenvalue weighted by molar-refractivity contribution is 0.418. The molecular formula is C19H17NO. The first kappa shape index (κ1) is 13.3. The predicted molar refractivity (Wildman–Crippen MR) is 86.6 cm³/mol. The molecular weight excluding hydrogens is 258 g/mol. The molecule has 0 radical (unpaired) electrons. The molecule has 3 aromatic rings. The van der Waals surface area contributed by atoms with Crippen LogP contribution in [0, 0.1) is 18.8 Å². The maximum Gasteiger partial charge on any atom is 0.143 e. The minimum Gasteiger partial charge on any atom is -0.495 e. The third-order valence-corrected chi connectivity index (χ3v) is 3.75. The number of rotatable bonds is 1. The molecule has 0 amide bonds. The van der Waals surface area contributed by atoms with Gasteiger partial charge < -0.3 is 9.30 Å². The molecule has 0 saturated heterocycles. The number of fused-ring (bicyclic) bond motifs is 1. The average molecular weight is 275 g/mol. The Bertz CT molecular complexity index is 848. The van der Waals surface area contributed by atoms with Crippen molar-refractivity contribution in [3.8, 4) is 17.6 Å². The number of hydrogen-bond donors (Lipinski definition) is 0. The van der Waals surface area contributed by atoms with Gasteiger partial charge in [0, 0.05) is 18.0 Å². The van der Waals surface area contributed by atoms with Crippen molar-refractivity contribution in [1.29, 1.82) is 0 Å². The summed E-state index contributed by atoms with van der Waals surface area (Å²) in [6.45, 7) is 2.11. The third kappa shape index (κ3) is 2.28. The summed E-state index contributed by atoms with van der Waals surface area (Å²) < 4.78 is 7.58. The van der Waals surface area contributed by atoms with E-state index < -0.39 is 0 Å². The Hall–Kier alpha value is -2.66. The van der Waals surface area contributed by atoms with E-state index >= 15 is 0 Å². The van der Waals surface area contributed by atoms with Crippen LogP contribution in [0.15, 0.2) is 48.5 Å². The van der Waals surface area contributed by atoms with Crippen molar-refractivity contribution < 1.29 is 4.74 Å². The maximum atomic E-state index is 5.47. The average Bonchev–Trinajstić information content (AvgIpc) is 2.78. The Kier molecular flexibility index (Phi) is 3.41. The molecule has 0 atom stereocenters. The Morgan fingerprint density at radius 2 is 1.71 bits per heavy atom. The fraction of sp³-hybridized carbons (Fsp3) is 0.158. The van der Waals surface area contributed by atoms with Gasteiger partial charge in [0.25, 0.3) is 0 Å². The molecule has 0 fully saturated rings. The highest BCUT2D eigenvalue weighted by Crippen LogP contribution is 2.31. The van der Waals surface area contributed by atoms with Gasteiger partial charge in [-0.15, -0.1) is 0 Å². The zero-order chi connectivity index (χ0) is 14.8. The normalized spacial score (nSPS) is 10.2. The van der Waals surface area contributed by atoms with Crippen LogP contribution in [0.4, 0.5) is 0 Å².